The Hall–Kier alpha value is -2.41. The number of hydrogen-bond donors (Lipinski definition) is 2. The largest absolute Gasteiger partial charge is 0.493 e. The van der Waals surface area contributed by atoms with Gasteiger partial charge in [-0.25, -0.2) is 0 Å². The van der Waals surface area contributed by atoms with Crippen LogP contribution < -0.4 is 20.1 Å². The maximum atomic E-state index is 12.1. The van der Waals surface area contributed by atoms with Crippen LogP contribution in [0.5, 0.6) is 11.5 Å². The fourth-order valence-electron chi connectivity index (χ4n) is 3.27. The van der Waals surface area contributed by atoms with E-state index in [2.05, 4.69) is 26.6 Å². The Balaban J connectivity index is 1.66. The summed E-state index contributed by atoms with van der Waals surface area (Å²) in [6.07, 6.45) is 0.489. The minimum Gasteiger partial charge on any atom is -0.493 e. The lowest BCUT2D eigenvalue weighted by atomic mass is 10.1. The summed E-state index contributed by atoms with van der Waals surface area (Å²) in [4.78, 5) is 12.1. The number of halogens is 3. The molecular weight excluding hydrogens is 539 g/mol. The van der Waals surface area contributed by atoms with Crippen LogP contribution in [0.15, 0.2) is 59.1 Å². The van der Waals surface area contributed by atoms with E-state index in [0.717, 1.165) is 27.0 Å². The number of benzene rings is 3. The smallest absolute Gasteiger partial charge is 0.224 e. The van der Waals surface area contributed by atoms with E-state index in [1.807, 2.05) is 56.3 Å². The number of methoxy groups -OCH3 is 1. The summed E-state index contributed by atoms with van der Waals surface area (Å²) in [6, 6.07) is 16.7. The van der Waals surface area contributed by atoms with Crippen molar-refractivity contribution in [1.82, 2.24) is 0 Å². The average Bonchev–Trinajstić information content (AvgIpc) is 2.77. The maximum Gasteiger partial charge on any atom is 0.224 e. The molecular formula is C26H27BrCl2N2O3. The van der Waals surface area contributed by atoms with Gasteiger partial charge in [0.15, 0.2) is 11.5 Å². The Morgan fingerprint density at radius 2 is 1.76 bits per heavy atom. The van der Waals surface area contributed by atoms with Crippen molar-refractivity contribution in [2.24, 2.45) is 5.92 Å². The molecule has 3 rings (SSSR count). The van der Waals surface area contributed by atoms with Crippen LogP contribution in [-0.2, 0) is 17.9 Å². The quantitative estimate of drug-likeness (QED) is 0.262. The molecule has 3 aromatic carbocycles. The second kappa shape index (κ2) is 12.3. The van der Waals surface area contributed by atoms with Crippen LogP contribution in [0, 0.1) is 5.92 Å². The van der Waals surface area contributed by atoms with Crippen LogP contribution in [0.4, 0.5) is 11.4 Å². The van der Waals surface area contributed by atoms with Gasteiger partial charge in [0, 0.05) is 44.4 Å². The molecule has 3 aromatic rings. The molecule has 0 unspecified atom stereocenters. The van der Waals surface area contributed by atoms with Crippen molar-refractivity contribution in [3.05, 3.63) is 80.2 Å². The van der Waals surface area contributed by atoms with Crippen LogP contribution in [0.25, 0.3) is 0 Å². The van der Waals surface area contributed by atoms with E-state index >= 15 is 0 Å². The number of carbonyl (C=O) groups is 1. The molecule has 0 aliphatic heterocycles. The minimum atomic E-state index is 0.00936. The van der Waals surface area contributed by atoms with E-state index in [9.17, 15) is 4.79 Å². The molecule has 5 nitrogen and oxygen atoms in total. The van der Waals surface area contributed by atoms with Gasteiger partial charge in [-0.1, -0.05) is 65.1 Å². The predicted molar refractivity (Wildman–Crippen MR) is 143 cm³/mol. The van der Waals surface area contributed by atoms with E-state index in [1.165, 1.54) is 0 Å². The lowest BCUT2D eigenvalue weighted by molar-refractivity contribution is -0.116. The van der Waals surface area contributed by atoms with Crippen LogP contribution in [0.2, 0.25) is 10.0 Å². The zero-order valence-electron chi connectivity index (χ0n) is 19.3. The summed E-state index contributed by atoms with van der Waals surface area (Å²) in [6.45, 7) is 4.87. The zero-order valence-corrected chi connectivity index (χ0v) is 22.4. The van der Waals surface area contributed by atoms with Crippen molar-refractivity contribution in [3.63, 3.8) is 0 Å². The number of rotatable bonds is 10. The maximum absolute atomic E-state index is 12.1. The number of anilines is 2. The highest BCUT2D eigenvalue weighted by Crippen LogP contribution is 2.35. The van der Waals surface area contributed by atoms with E-state index < -0.39 is 0 Å². The van der Waals surface area contributed by atoms with Crippen LogP contribution in [-0.4, -0.2) is 13.0 Å². The van der Waals surface area contributed by atoms with Crippen molar-refractivity contribution in [1.29, 1.82) is 0 Å². The number of nitrogens with one attached hydrogen (secondary N) is 2. The van der Waals surface area contributed by atoms with E-state index in [-0.39, 0.29) is 12.5 Å². The molecule has 1 amide bonds. The number of amides is 1. The molecule has 8 heteroatoms. The van der Waals surface area contributed by atoms with Crippen LogP contribution >= 0.6 is 39.1 Å². The standard InChI is InChI=1S/C26H27BrCl2N2O3/c1-16(2)9-26(32)31-21-6-4-5-20(12-21)30-14-18-10-24(33-3)25(13-22(18)27)34-15-17-7-8-19(28)11-23(17)29/h4-8,10-13,16,30H,9,14-15H2,1-3H3,(H,31,32). The van der Waals surface area contributed by atoms with Gasteiger partial charge in [-0.3, -0.25) is 4.79 Å². The van der Waals surface area contributed by atoms with E-state index in [0.29, 0.717) is 40.4 Å². The third kappa shape index (κ3) is 7.55. The number of carbonyl (C=O) groups excluding carboxylic acids is 1. The van der Waals surface area contributed by atoms with Crippen molar-refractivity contribution in [2.75, 3.05) is 17.7 Å². The average molecular weight is 566 g/mol. The third-order valence-electron chi connectivity index (χ3n) is 4.95. The van der Waals surface area contributed by atoms with Gasteiger partial charge in [0.2, 0.25) is 5.91 Å². The fraction of sp³-hybridized carbons (Fsp3) is 0.269. The molecule has 0 bridgehead atoms. The molecule has 0 atom stereocenters. The van der Waals surface area contributed by atoms with Crippen molar-refractivity contribution >= 4 is 56.4 Å². The minimum absolute atomic E-state index is 0.00936. The van der Waals surface area contributed by atoms with Gasteiger partial charge in [0.1, 0.15) is 6.61 Å². The summed E-state index contributed by atoms with van der Waals surface area (Å²) in [5.74, 6) is 1.53. The SMILES string of the molecule is COc1cc(CNc2cccc(NC(=O)CC(C)C)c2)c(Br)cc1OCc1ccc(Cl)cc1Cl. The Kier molecular flexibility index (Phi) is 9.51. The molecule has 34 heavy (non-hydrogen) atoms. The molecule has 2 N–H and O–H groups in total. The fourth-order valence-corrected chi connectivity index (χ4v) is 4.19. The van der Waals surface area contributed by atoms with Gasteiger partial charge in [0.25, 0.3) is 0 Å². The molecule has 0 aliphatic carbocycles. The van der Waals surface area contributed by atoms with Crippen LogP contribution in [0.3, 0.4) is 0 Å². The second-order valence-electron chi connectivity index (χ2n) is 8.20. The molecule has 0 radical (unpaired) electrons. The van der Waals surface area contributed by atoms with Gasteiger partial charge >= 0.3 is 0 Å². The van der Waals surface area contributed by atoms with Gasteiger partial charge in [-0.05, 0) is 53.9 Å². The first-order chi connectivity index (χ1) is 16.2. The number of hydrogen-bond acceptors (Lipinski definition) is 4. The highest BCUT2D eigenvalue weighted by molar-refractivity contribution is 9.10. The first kappa shape index (κ1) is 26.2. The third-order valence-corrected chi connectivity index (χ3v) is 6.28. The Morgan fingerprint density at radius 3 is 2.47 bits per heavy atom. The highest BCUT2D eigenvalue weighted by Gasteiger charge is 2.12. The summed E-state index contributed by atoms with van der Waals surface area (Å²) >= 11 is 15.8. The molecule has 180 valence electrons. The molecule has 0 aliphatic rings. The molecule has 0 aromatic heterocycles. The summed E-state index contributed by atoms with van der Waals surface area (Å²) in [7, 11) is 1.60. The van der Waals surface area contributed by atoms with Gasteiger partial charge in [-0.2, -0.15) is 0 Å². The molecule has 0 heterocycles. The zero-order chi connectivity index (χ0) is 24.7. The summed E-state index contributed by atoms with van der Waals surface area (Å²) in [5, 5.41) is 7.46. The van der Waals surface area contributed by atoms with Crippen molar-refractivity contribution < 1.29 is 14.3 Å². The summed E-state index contributed by atoms with van der Waals surface area (Å²) < 4.78 is 12.4. The van der Waals surface area contributed by atoms with Gasteiger partial charge in [0.05, 0.1) is 7.11 Å². The lowest BCUT2D eigenvalue weighted by Gasteiger charge is -2.16. The monoisotopic (exact) mass is 564 g/mol. The highest BCUT2D eigenvalue weighted by atomic mass is 79.9. The molecule has 0 saturated heterocycles. The topological polar surface area (TPSA) is 59.6 Å². The molecule has 0 spiro atoms. The lowest BCUT2D eigenvalue weighted by Crippen LogP contribution is -2.13. The second-order valence-corrected chi connectivity index (χ2v) is 9.90. The predicted octanol–water partition coefficient (Wildman–Crippen LogP) is 7.94. The van der Waals surface area contributed by atoms with Crippen molar-refractivity contribution in [2.45, 2.75) is 33.4 Å². The molecule has 0 saturated carbocycles. The Labute approximate surface area is 218 Å². The number of ether oxygens (including phenoxy) is 2. The van der Waals surface area contributed by atoms with Gasteiger partial charge in [-0.15, -0.1) is 0 Å². The van der Waals surface area contributed by atoms with Crippen molar-refractivity contribution in [3.8, 4) is 11.5 Å². The van der Waals surface area contributed by atoms with E-state index in [1.54, 1.807) is 19.2 Å². The first-order valence-corrected chi connectivity index (χ1v) is 12.4. The van der Waals surface area contributed by atoms with Gasteiger partial charge < -0.3 is 20.1 Å². The molecule has 0 fully saturated rings. The Bertz CT molecular complexity index is 1150. The Morgan fingerprint density at radius 1 is 1.00 bits per heavy atom. The normalized spacial score (nSPS) is 10.8. The van der Waals surface area contributed by atoms with E-state index in [4.69, 9.17) is 32.7 Å². The summed E-state index contributed by atoms with van der Waals surface area (Å²) in [5.41, 5.74) is 3.47. The van der Waals surface area contributed by atoms with Crippen LogP contribution in [0.1, 0.15) is 31.4 Å². The first-order valence-electron chi connectivity index (χ1n) is 10.8.